The first-order valence-electron chi connectivity index (χ1n) is 8.05. The SMILES string of the molecule is CC(C)(C)C1CCCC(NCC2CCCCC2)N1. The molecule has 2 atom stereocenters. The maximum absolute atomic E-state index is 3.82. The monoisotopic (exact) mass is 252 g/mol. The number of rotatable bonds is 3. The number of piperidine rings is 1. The molecule has 0 radical (unpaired) electrons. The summed E-state index contributed by atoms with van der Waals surface area (Å²) < 4.78 is 0. The third-order valence-electron chi connectivity index (χ3n) is 4.81. The quantitative estimate of drug-likeness (QED) is 0.801. The highest BCUT2D eigenvalue weighted by atomic mass is 15.1. The molecule has 0 aromatic carbocycles. The smallest absolute Gasteiger partial charge is 0.0574 e. The minimum absolute atomic E-state index is 0.394. The van der Waals surface area contributed by atoms with Crippen LogP contribution in [-0.2, 0) is 0 Å². The fraction of sp³-hybridized carbons (Fsp3) is 1.00. The van der Waals surface area contributed by atoms with Gasteiger partial charge in [0.1, 0.15) is 0 Å². The van der Waals surface area contributed by atoms with Gasteiger partial charge in [0, 0.05) is 6.04 Å². The minimum Gasteiger partial charge on any atom is -0.302 e. The summed E-state index contributed by atoms with van der Waals surface area (Å²) >= 11 is 0. The molecular formula is C16H32N2. The van der Waals surface area contributed by atoms with E-state index in [-0.39, 0.29) is 0 Å². The lowest BCUT2D eigenvalue weighted by molar-refractivity contribution is 0.170. The first-order chi connectivity index (χ1) is 8.55. The standard InChI is InChI=1S/C16H32N2/c1-16(2,3)14-10-7-11-15(18-14)17-12-13-8-5-4-6-9-13/h13-15,17-18H,4-12H2,1-3H3. The van der Waals surface area contributed by atoms with Crippen LogP contribution in [0.5, 0.6) is 0 Å². The average molecular weight is 252 g/mol. The van der Waals surface area contributed by atoms with Crippen molar-refractivity contribution in [2.75, 3.05) is 6.54 Å². The van der Waals surface area contributed by atoms with E-state index in [0.717, 1.165) is 5.92 Å². The van der Waals surface area contributed by atoms with Gasteiger partial charge >= 0.3 is 0 Å². The fourth-order valence-electron chi connectivity index (χ4n) is 3.48. The van der Waals surface area contributed by atoms with E-state index in [0.29, 0.717) is 17.6 Å². The molecule has 2 unspecified atom stereocenters. The van der Waals surface area contributed by atoms with Crippen LogP contribution in [-0.4, -0.2) is 18.8 Å². The second-order valence-electron chi connectivity index (χ2n) is 7.48. The molecule has 1 saturated heterocycles. The third-order valence-corrected chi connectivity index (χ3v) is 4.81. The Morgan fingerprint density at radius 1 is 0.944 bits per heavy atom. The molecule has 18 heavy (non-hydrogen) atoms. The Hall–Kier alpha value is -0.0800. The van der Waals surface area contributed by atoms with E-state index in [9.17, 15) is 0 Å². The Morgan fingerprint density at radius 2 is 1.67 bits per heavy atom. The van der Waals surface area contributed by atoms with Crippen molar-refractivity contribution in [3.8, 4) is 0 Å². The fourth-order valence-corrected chi connectivity index (χ4v) is 3.48. The van der Waals surface area contributed by atoms with Crippen molar-refractivity contribution in [2.45, 2.75) is 84.3 Å². The predicted octanol–water partition coefficient (Wildman–Crippen LogP) is 3.67. The van der Waals surface area contributed by atoms with Crippen LogP contribution in [0.25, 0.3) is 0 Å². The van der Waals surface area contributed by atoms with Gasteiger partial charge in [-0.2, -0.15) is 0 Å². The molecule has 1 heterocycles. The van der Waals surface area contributed by atoms with Crippen LogP contribution in [0.1, 0.15) is 72.1 Å². The van der Waals surface area contributed by atoms with Gasteiger partial charge in [0.05, 0.1) is 6.17 Å². The molecule has 0 amide bonds. The van der Waals surface area contributed by atoms with E-state index < -0.39 is 0 Å². The van der Waals surface area contributed by atoms with Crippen molar-refractivity contribution >= 4 is 0 Å². The lowest BCUT2D eigenvalue weighted by Gasteiger charge is -2.40. The van der Waals surface area contributed by atoms with Crippen LogP contribution in [0.4, 0.5) is 0 Å². The van der Waals surface area contributed by atoms with Crippen LogP contribution in [0.3, 0.4) is 0 Å². The Kier molecular flexibility index (Phi) is 5.08. The van der Waals surface area contributed by atoms with Gasteiger partial charge in [-0.3, -0.25) is 5.32 Å². The second-order valence-corrected chi connectivity index (χ2v) is 7.48. The van der Waals surface area contributed by atoms with Crippen LogP contribution in [0, 0.1) is 11.3 Å². The molecule has 0 bridgehead atoms. The molecule has 1 saturated carbocycles. The lowest BCUT2D eigenvalue weighted by atomic mass is 9.81. The van der Waals surface area contributed by atoms with Gasteiger partial charge < -0.3 is 5.32 Å². The van der Waals surface area contributed by atoms with E-state index >= 15 is 0 Å². The van der Waals surface area contributed by atoms with Gasteiger partial charge in [-0.25, -0.2) is 0 Å². The largest absolute Gasteiger partial charge is 0.302 e. The topological polar surface area (TPSA) is 24.1 Å². The van der Waals surface area contributed by atoms with E-state index in [1.54, 1.807) is 0 Å². The summed E-state index contributed by atoms with van der Waals surface area (Å²) in [6.07, 6.45) is 11.8. The van der Waals surface area contributed by atoms with Crippen LogP contribution in [0.15, 0.2) is 0 Å². The summed E-state index contributed by atoms with van der Waals surface area (Å²) in [7, 11) is 0. The normalized spacial score (nSPS) is 31.5. The van der Waals surface area contributed by atoms with Gasteiger partial charge in [0.25, 0.3) is 0 Å². The van der Waals surface area contributed by atoms with Gasteiger partial charge in [-0.15, -0.1) is 0 Å². The Labute approximate surface area is 113 Å². The van der Waals surface area contributed by atoms with Crippen LogP contribution >= 0.6 is 0 Å². The lowest BCUT2D eigenvalue weighted by Crippen LogP contribution is -2.55. The summed E-state index contributed by atoms with van der Waals surface area (Å²) in [6, 6.07) is 0.676. The molecule has 1 aliphatic carbocycles. The predicted molar refractivity (Wildman–Crippen MR) is 78.6 cm³/mol. The van der Waals surface area contributed by atoms with E-state index in [2.05, 4.69) is 31.4 Å². The Morgan fingerprint density at radius 3 is 2.33 bits per heavy atom. The summed E-state index contributed by atoms with van der Waals surface area (Å²) in [5, 5.41) is 7.60. The molecule has 2 aliphatic rings. The molecule has 2 fully saturated rings. The summed E-state index contributed by atoms with van der Waals surface area (Å²) in [4.78, 5) is 0. The highest BCUT2D eigenvalue weighted by Gasteiger charge is 2.29. The highest BCUT2D eigenvalue weighted by molar-refractivity contribution is 4.87. The van der Waals surface area contributed by atoms with Crippen molar-refractivity contribution in [1.29, 1.82) is 0 Å². The number of hydrogen-bond donors (Lipinski definition) is 2. The van der Waals surface area contributed by atoms with Crippen molar-refractivity contribution < 1.29 is 0 Å². The third kappa shape index (κ3) is 4.24. The second kappa shape index (κ2) is 6.38. The van der Waals surface area contributed by atoms with Crippen LogP contribution in [0.2, 0.25) is 0 Å². The van der Waals surface area contributed by atoms with Crippen molar-refractivity contribution in [3.05, 3.63) is 0 Å². The molecule has 2 nitrogen and oxygen atoms in total. The van der Waals surface area contributed by atoms with Gasteiger partial charge in [0.2, 0.25) is 0 Å². The number of nitrogens with one attached hydrogen (secondary N) is 2. The first-order valence-corrected chi connectivity index (χ1v) is 8.05. The Balaban J connectivity index is 1.72. The van der Waals surface area contributed by atoms with Crippen molar-refractivity contribution in [3.63, 3.8) is 0 Å². The first kappa shape index (κ1) is 14.3. The van der Waals surface area contributed by atoms with Gasteiger partial charge in [0.15, 0.2) is 0 Å². The van der Waals surface area contributed by atoms with E-state index in [1.165, 1.54) is 57.9 Å². The zero-order valence-corrected chi connectivity index (χ0v) is 12.6. The minimum atomic E-state index is 0.394. The maximum Gasteiger partial charge on any atom is 0.0574 e. The van der Waals surface area contributed by atoms with Crippen molar-refractivity contribution in [1.82, 2.24) is 10.6 Å². The van der Waals surface area contributed by atoms with Crippen molar-refractivity contribution in [2.24, 2.45) is 11.3 Å². The van der Waals surface area contributed by atoms with Gasteiger partial charge in [-0.1, -0.05) is 40.0 Å². The molecule has 0 aromatic rings. The molecular weight excluding hydrogens is 220 g/mol. The molecule has 2 heteroatoms. The van der Waals surface area contributed by atoms with E-state index in [1.807, 2.05) is 0 Å². The maximum atomic E-state index is 3.82. The van der Waals surface area contributed by atoms with Gasteiger partial charge in [-0.05, 0) is 50.0 Å². The molecule has 1 aliphatic heterocycles. The molecule has 106 valence electrons. The summed E-state index contributed by atoms with van der Waals surface area (Å²) in [5.74, 6) is 0.940. The zero-order valence-electron chi connectivity index (χ0n) is 12.6. The van der Waals surface area contributed by atoms with E-state index in [4.69, 9.17) is 0 Å². The molecule has 2 N–H and O–H groups in total. The summed E-state index contributed by atoms with van der Waals surface area (Å²) in [5.41, 5.74) is 0.394. The highest BCUT2D eigenvalue weighted by Crippen LogP contribution is 2.27. The summed E-state index contributed by atoms with van der Waals surface area (Å²) in [6.45, 7) is 8.30. The van der Waals surface area contributed by atoms with Crippen LogP contribution < -0.4 is 10.6 Å². The average Bonchev–Trinajstić information content (AvgIpc) is 2.37. The molecule has 0 spiro atoms. The molecule has 0 aromatic heterocycles. The number of hydrogen-bond acceptors (Lipinski definition) is 2. The zero-order chi connectivity index (χ0) is 13.0. The molecule has 2 rings (SSSR count). The Bertz CT molecular complexity index is 238.